The Labute approximate surface area is 179 Å². The average molecular weight is 420 g/mol. The first-order chi connectivity index (χ1) is 15.0. The number of nitrogens with zero attached hydrogens (tertiary/aromatic N) is 3. The van der Waals surface area contributed by atoms with Crippen LogP contribution in [-0.4, -0.2) is 39.5 Å². The van der Waals surface area contributed by atoms with Gasteiger partial charge in [-0.15, -0.1) is 0 Å². The predicted molar refractivity (Wildman–Crippen MR) is 117 cm³/mol. The number of nitrogens with two attached hydrogens (primary N) is 1. The van der Waals surface area contributed by atoms with Crippen molar-refractivity contribution in [1.29, 1.82) is 0 Å². The molecule has 1 aliphatic rings. The molecule has 8 nitrogen and oxygen atoms in total. The Kier molecular flexibility index (Phi) is 5.73. The molecule has 0 saturated heterocycles. The fourth-order valence-corrected chi connectivity index (χ4v) is 3.76. The zero-order valence-corrected chi connectivity index (χ0v) is 17.3. The number of ether oxygens (including phenoxy) is 1. The van der Waals surface area contributed by atoms with Gasteiger partial charge in [-0.3, -0.25) is 23.6 Å². The average Bonchev–Trinajstić information content (AvgIpc) is 2.98. The summed E-state index contributed by atoms with van der Waals surface area (Å²) in [6, 6.07) is 16.9. The molecule has 0 aliphatic carbocycles. The smallest absolute Gasteiger partial charge is 0.332 e. The first-order valence-corrected chi connectivity index (χ1v) is 10.0. The lowest BCUT2D eigenvalue weighted by atomic mass is 10.1. The van der Waals surface area contributed by atoms with Crippen molar-refractivity contribution in [3.8, 4) is 5.75 Å². The van der Waals surface area contributed by atoms with Crippen LogP contribution in [0.2, 0.25) is 0 Å². The molecule has 1 aliphatic heterocycles. The summed E-state index contributed by atoms with van der Waals surface area (Å²) in [5.74, 6) is 0.275. The van der Waals surface area contributed by atoms with E-state index in [0.29, 0.717) is 19.7 Å². The van der Waals surface area contributed by atoms with Crippen LogP contribution in [0.25, 0.3) is 0 Å². The van der Waals surface area contributed by atoms with Crippen molar-refractivity contribution >= 4 is 11.6 Å². The lowest BCUT2D eigenvalue weighted by Crippen LogP contribution is -2.44. The quantitative estimate of drug-likeness (QED) is 0.624. The van der Waals surface area contributed by atoms with E-state index in [2.05, 4.69) is 0 Å². The number of benzene rings is 2. The van der Waals surface area contributed by atoms with Crippen molar-refractivity contribution in [3.05, 3.63) is 92.1 Å². The molecule has 2 aromatic carbocycles. The summed E-state index contributed by atoms with van der Waals surface area (Å²) in [4.78, 5) is 40.5. The third-order valence-electron chi connectivity index (χ3n) is 5.44. The lowest BCUT2D eigenvalue weighted by molar-refractivity contribution is 0.0919. The van der Waals surface area contributed by atoms with Gasteiger partial charge >= 0.3 is 5.69 Å². The Morgan fingerprint density at radius 2 is 1.77 bits per heavy atom. The monoisotopic (exact) mass is 420 g/mol. The highest BCUT2D eigenvalue weighted by atomic mass is 16.5. The molecule has 2 N–H and O–H groups in total. The second kappa shape index (κ2) is 8.61. The summed E-state index contributed by atoms with van der Waals surface area (Å²) in [5.41, 5.74) is 6.63. The molecule has 8 heteroatoms. The topological polar surface area (TPSA) is 99.6 Å². The van der Waals surface area contributed by atoms with E-state index < -0.39 is 17.0 Å². The fraction of sp³-hybridized carbons (Fsp3) is 0.261. The third-order valence-corrected chi connectivity index (χ3v) is 5.44. The maximum absolute atomic E-state index is 13.2. The van der Waals surface area contributed by atoms with Crippen LogP contribution >= 0.6 is 0 Å². The number of rotatable bonds is 5. The van der Waals surface area contributed by atoms with Crippen LogP contribution < -0.4 is 21.7 Å². The molecule has 1 aromatic heterocycles. The molecule has 4 rings (SSSR count). The second-order valence-electron chi connectivity index (χ2n) is 7.57. The van der Waals surface area contributed by atoms with Crippen molar-refractivity contribution in [3.63, 3.8) is 0 Å². The van der Waals surface area contributed by atoms with Gasteiger partial charge in [-0.1, -0.05) is 48.5 Å². The number of ketones is 1. The molecule has 0 amide bonds. The number of Topliss-reactive ketones (excluding diaryl/α,β-unsaturated/α-hetero) is 1. The summed E-state index contributed by atoms with van der Waals surface area (Å²) in [6.07, 6.45) is 0. The van der Waals surface area contributed by atoms with Crippen LogP contribution in [0.1, 0.15) is 21.5 Å². The summed E-state index contributed by atoms with van der Waals surface area (Å²) >= 11 is 0. The molecule has 3 aromatic rings. The molecule has 0 radical (unpaired) electrons. The molecular formula is C23H24N4O4. The van der Waals surface area contributed by atoms with E-state index in [1.165, 1.54) is 11.6 Å². The summed E-state index contributed by atoms with van der Waals surface area (Å²) in [7, 11) is 1.36. The van der Waals surface area contributed by atoms with E-state index in [0.717, 1.165) is 21.4 Å². The number of hydrogen-bond donors (Lipinski definition) is 1. The minimum Gasteiger partial charge on any atom is -0.492 e. The zero-order chi connectivity index (χ0) is 22.0. The molecule has 0 atom stereocenters. The molecular weight excluding hydrogens is 396 g/mol. The highest BCUT2D eigenvalue weighted by Crippen LogP contribution is 2.22. The Morgan fingerprint density at radius 1 is 1.06 bits per heavy atom. The van der Waals surface area contributed by atoms with E-state index in [-0.39, 0.29) is 24.5 Å². The van der Waals surface area contributed by atoms with Gasteiger partial charge in [0.2, 0.25) is 0 Å². The van der Waals surface area contributed by atoms with Gasteiger partial charge in [-0.05, 0) is 11.6 Å². The number of nitrogen functional groups attached to an aromatic ring is 1. The Morgan fingerprint density at radius 3 is 2.55 bits per heavy atom. The standard InChI is InChI=1S/C23H24N4O4/c1-25-22(29)20(21(24)27(23(25)30)13-16-7-3-2-4-8-16)18(28)15-26-11-12-31-19-10-6-5-9-17(19)14-26/h2-10H,11-15,24H2,1H3. The van der Waals surface area contributed by atoms with E-state index in [4.69, 9.17) is 10.5 Å². The van der Waals surface area contributed by atoms with Crippen LogP contribution in [0.15, 0.2) is 64.2 Å². The molecule has 2 heterocycles. The van der Waals surface area contributed by atoms with Crippen LogP contribution in [0, 0.1) is 0 Å². The van der Waals surface area contributed by atoms with Gasteiger partial charge in [-0.2, -0.15) is 0 Å². The molecule has 0 unspecified atom stereocenters. The number of anilines is 1. The maximum Gasteiger partial charge on any atom is 0.332 e. The normalized spacial score (nSPS) is 13.8. The van der Waals surface area contributed by atoms with E-state index >= 15 is 0 Å². The number of carbonyl (C=O) groups excluding carboxylic acids is 1. The highest BCUT2D eigenvalue weighted by Gasteiger charge is 2.25. The summed E-state index contributed by atoms with van der Waals surface area (Å²) < 4.78 is 7.95. The first-order valence-electron chi connectivity index (χ1n) is 10.0. The number of carbonyl (C=O) groups is 1. The van der Waals surface area contributed by atoms with Gasteiger partial charge in [0, 0.05) is 25.7 Å². The van der Waals surface area contributed by atoms with Crippen molar-refractivity contribution in [1.82, 2.24) is 14.0 Å². The van der Waals surface area contributed by atoms with Crippen molar-refractivity contribution in [2.24, 2.45) is 7.05 Å². The van der Waals surface area contributed by atoms with E-state index in [9.17, 15) is 14.4 Å². The van der Waals surface area contributed by atoms with Crippen LogP contribution in [-0.2, 0) is 20.1 Å². The summed E-state index contributed by atoms with van der Waals surface area (Å²) in [5, 5.41) is 0. The molecule has 160 valence electrons. The van der Waals surface area contributed by atoms with Gasteiger partial charge in [-0.25, -0.2) is 4.79 Å². The Bertz CT molecular complexity index is 1230. The van der Waals surface area contributed by atoms with Gasteiger partial charge in [0.05, 0.1) is 13.1 Å². The first kappa shape index (κ1) is 20.6. The Balaban J connectivity index is 1.65. The van der Waals surface area contributed by atoms with Gasteiger partial charge in [0.25, 0.3) is 5.56 Å². The maximum atomic E-state index is 13.2. The van der Waals surface area contributed by atoms with Gasteiger partial charge in [0.1, 0.15) is 23.7 Å². The minimum atomic E-state index is -0.678. The molecule has 0 bridgehead atoms. The predicted octanol–water partition coefficient (Wildman–Crippen LogP) is 1.25. The highest BCUT2D eigenvalue weighted by molar-refractivity contribution is 6.01. The largest absolute Gasteiger partial charge is 0.492 e. The number of hydrogen-bond acceptors (Lipinski definition) is 6. The van der Waals surface area contributed by atoms with Crippen molar-refractivity contribution in [2.75, 3.05) is 25.4 Å². The minimum absolute atomic E-state index is 0.000670. The molecule has 0 fully saturated rings. The van der Waals surface area contributed by atoms with Crippen LogP contribution in [0.4, 0.5) is 5.82 Å². The Hall–Kier alpha value is -3.65. The molecule has 0 spiro atoms. The van der Waals surface area contributed by atoms with Crippen molar-refractivity contribution < 1.29 is 9.53 Å². The van der Waals surface area contributed by atoms with E-state index in [1.54, 1.807) is 0 Å². The fourth-order valence-electron chi connectivity index (χ4n) is 3.76. The summed E-state index contributed by atoms with van der Waals surface area (Å²) in [6.45, 7) is 1.66. The van der Waals surface area contributed by atoms with Crippen LogP contribution in [0.3, 0.4) is 0 Å². The van der Waals surface area contributed by atoms with Crippen LogP contribution in [0.5, 0.6) is 5.75 Å². The third kappa shape index (κ3) is 4.15. The molecule has 0 saturated carbocycles. The second-order valence-corrected chi connectivity index (χ2v) is 7.57. The number of aromatic nitrogens is 2. The number of para-hydroxylation sites is 1. The van der Waals surface area contributed by atoms with Gasteiger partial charge in [0.15, 0.2) is 5.78 Å². The zero-order valence-electron chi connectivity index (χ0n) is 17.3. The van der Waals surface area contributed by atoms with Crippen molar-refractivity contribution in [2.45, 2.75) is 13.1 Å². The number of fused-ring (bicyclic) bond motifs is 1. The van der Waals surface area contributed by atoms with Gasteiger partial charge < -0.3 is 10.5 Å². The molecule has 31 heavy (non-hydrogen) atoms. The van der Waals surface area contributed by atoms with E-state index in [1.807, 2.05) is 59.5 Å². The lowest BCUT2D eigenvalue weighted by Gasteiger charge is -2.20. The SMILES string of the molecule is Cn1c(=O)c(C(=O)CN2CCOc3ccccc3C2)c(N)n(Cc2ccccc2)c1=O.